The lowest BCUT2D eigenvalue weighted by Gasteiger charge is -2.10. The van der Waals surface area contributed by atoms with E-state index < -0.39 is 0 Å². The molecule has 2 aromatic rings. The maximum Gasteiger partial charge on any atom is 0.257 e. The lowest BCUT2D eigenvalue weighted by atomic mass is 10.1. The van der Waals surface area contributed by atoms with Crippen LogP contribution < -0.4 is 16.8 Å². The first kappa shape index (κ1) is 13.4. The number of anilines is 3. The van der Waals surface area contributed by atoms with Crippen molar-refractivity contribution in [3.05, 3.63) is 52.0 Å². The predicted molar refractivity (Wildman–Crippen MR) is 82.1 cm³/mol. The molecule has 0 aliphatic rings. The summed E-state index contributed by atoms with van der Waals surface area (Å²) in [5.74, 6) is -0.251. The molecule has 2 aromatic carbocycles. The standard InChI is InChI=1S/C14H14BrN3O/c1-8-2-3-9(15)6-13(8)18-14(19)11-5-4-10(16)7-12(11)17/h2-7H,16-17H2,1H3,(H,18,19). The van der Waals surface area contributed by atoms with Crippen LogP contribution in [0.5, 0.6) is 0 Å². The van der Waals surface area contributed by atoms with Crippen molar-refractivity contribution < 1.29 is 4.79 Å². The first-order chi connectivity index (χ1) is 8.97. The third kappa shape index (κ3) is 3.06. The lowest BCUT2D eigenvalue weighted by molar-refractivity contribution is 0.102. The number of hydrogen-bond acceptors (Lipinski definition) is 3. The molecule has 98 valence electrons. The molecular weight excluding hydrogens is 306 g/mol. The Kier molecular flexibility index (Phi) is 3.76. The summed E-state index contributed by atoms with van der Waals surface area (Å²) >= 11 is 3.37. The first-order valence-electron chi connectivity index (χ1n) is 5.70. The highest BCUT2D eigenvalue weighted by molar-refractivity contribution is 9.10. The van der Waals surface area contributed by atoms with Gasteiger partial charge in [-0.2, -0.15) is 0 Å². The summed E-state index contributed by atoms with van der Waals surface area (Å²) in [4.78, 5) is 12.2. The lowest BCUT2D eigenvalue weighted by Crippen LogP contribution is -2.15. The van der Waals surface area contributed by atoms with Gasteiger partial charge in [0, 0.05) is 21.5 Å². The van der Waals surface area contributed by atoms with Crippen molar-refractivity contribution in [2.24, 2.45) is 0 Å². The smallest absolute Gasteiger partial charge is 0.257 e. The largest absolute Gasteiger partial charge is 0.399 e. The highest BCUT2D eigenvalue weighted by Gasteiger charge is 2.11. The van der Waals surface area contributed by atoms with Gasteiger partial charge in [0.25, 0.3) is 5.91 Å². The zero-order valence-electron chi connectivity index (χ0n) is 10.4. The van der Waals surface area contributed by atoms with Gasteiger partial charge in [-0.25, -0.2) is 0 Å². The fraction of sp³-hybridized carbons (Fsp3) is 0.0714. The number of nitrogens with one attached hydrogen (secondary N) is 1. The number of halogens is 1. The molecule has 0 atom stereocenters. The molecule has 0 bridgehead atoms. The van der Waals surface area contributed by atoms with Crippen molar-refractivity contribution in [3.8, 4) is 0 Å². The minimum Gasteiger partial charge on any atom is -0.399 e. The Hall–Kier alpha value is -2.01. The zero-order chi connectivity index (χ0) is 14.0. The number of rotatable bonds is 2. The molecular formula is C14H14BrN3O. The number of carbonyl (C=O) groups excluding carboxylic acids is 1. The fourth-order valence-corrected chi connectivity index (χ4v) is 2.07. The Morgan fingerprint density at radius 2 is 1.89 bits per heavy atom. The van der Waals surface area contributed by atoms with Crippen LogP contribution in [0.4, 0.5) is 17.1 Å². The summed E-state index contributed by atoms with van der Waals surface area (Å²) in [7, 11) is 0. The van der Waals surface area contributed by atoms with E-state index in [1.165, 1.54) is 0 Å². The molecule has 1 amide bonds. The summed E-state index contributed by atoms with van der Waals surface area (Å²) in [5.41, 5.74) is 14.4. The fourth-order valence-electron chi connectivity index (χ4n) is 1.71. The highest BCUT2D eigenvalue weighted by Crippen LogP contribution is 2.23. The number of benzene rings is 2. The van der Waals surface area contributed by atoms with Crippen molar-refractivity contribution in [1.82, 2.24) is 0 Å². The van der Waals surface area contributed by atoms with Crippen LogP contribution in [0.25, 0.3) is 0 Å². The van der Waals surface area contributed by atoms with Gasteiger partial charge < -0.3 is 16.8 Å². The summed E-state index contributed by atoms with van der Waals surface area (Å²) < 4.78 is 0.902. The maximum atomic E-state index is 12.2. The molecule has 5 N–H and O–H groups in total. The SMILES string of the molecule is Cc1ccc(Br)cc1NC(=O)c1ccc(N)cc1N. The third-order valence-corrected chi connectivity index (χ3v) is 3.26. The Morgan fingerprint density at radius 3 is 2.58 bits per heavy atom. The van der Waals surface area contributed by atoms with Gasteiger partial charge in [0.2, 0.25) is 0 Å². The molecule has 0 fully saturated rings. The van der Waals surface area contributed by atoms with Crippen molar-refractivity contribution in [2.75, 3.05) is 16.8 Å². The van der Waals surface area contributed by atoms with E-state index in [1.54, 1.807) is 18.2 Å². The summed E-state index contributed by atoms with van der Waals surface area (Å²) in [5, 5.41) is 2.84. The van der Waals surface area contributed by atoms with Gasteiger partial charge in [-0.3, -0.25) is 4.79 Å². The van der Waals surface area contributed by atoms with Gasteiger partial charge in [-0.15, -0.1) is 0 Å². The van der Waals surface area contributed by atoms with Gasteiger partial charge in [0.1, 0.15) is 0 Å². The molecule has 0 saturated heterocycles. The Bertz CT molecular complexity index is 641. The molecule has 0 aromatic heterocycles. The van der Waals surface area contributed by atoms with Gasteiger partial charge in [-0.1, -0.05) is 22.0 Å². The van der Waals surface area contributed by atoms with Crippen LogP contribution in [0.3, 0.4) is 0 Å². The van der Waals surface area contributed by atoms with Gasteiger partial charge >= 0.3 is 0 Å². The minimum atomic E-state index is -0.251. The van der Waals surface area contributed by atoms with Crippen LogP contribution >= 0.6 is 15.9 Å². The summed E-state index contributed by atoms with van der Waals surface area (Å²) in [6.07, 6.45) is 0. The Morgan fingerprint density at radius 1 is 1.16 bits per heavy atom. The van der Waals surface area contributed by atoms with Crippen LogP contribution in [-0.2, 0) is 0 Å². The van der Waals surface area contributed by atoms with E-state index in [4.69, 9.17) is 11.5 Å². The second-order valence-corrected chi connectivity index (χ2v) is 5.18. The predicted octanol–water partition coefficient (Wildman–Crippen LogP) is 3.17. The molecule has 0 spiro atoms. The first-order valence-corrected chi connectivity index (χ1v) is 6.49. The average Bonchev–Trinajstić information content (AvgIpc) is 2.33. The third-order valence-electron chi connectivity index (χ3n) is 2.77. The van der Waals surface area contributed by atoms with Crippen molar-refractivity contribution >= 4 is 38.9 Å². The molecule has 0 heterocycles. The second kappa shape index (κ2) is 5.32. The van der Waals surface area contributed by atoms with Crippen LogP contribution in [0.15, 0.2) is 40.9 Å². The molecule has 19 heavy (non-hydrogen) atoms. The number of carbonyl (C=O) groups is 1. The minimum absolute atomic E-state index is 0.251. The Balaban J connectivity index is 2.28. The van der Waals surface area contributed by atoms with E-state index in [0.717, 1.165) is 15.7 Å². The van der Waals surface area contributed by atoms with E-state index in [1.807, 2.05) is 25.1 Å². The number of aryl methyl sites for hydroxylation is 1. The number of nitrogens with two attached hydrogens (primary N) is 2. The zero-order valence-corrected chi connectivity index (χ0v) is 12.0. The quantitative estimate of drug-likeness (QED) is 0.743. The molecule has 0 saturated carbocycles. The Labute approximate surface area is 119 Å². The van der Waals surface area contributed by atoms with E-state index >= 15 is 0 Å². The monoisotopic (exact) mass is 319 g/mol. The molecule has 4 nitrogen and oxygen atoms in total. The number of amides is 1. The topological polar surface area (TPSA) is 81.1 Å². The molecule has 0 aliphatic heterocycles. The normalized spacial score (nSPS) is 10.2. The van der Waals surface area contributed by atoms with E-state index in [9.17, 15) is 4.79 Å². The van der Waals surface area contributed by atoms with E-state index in [2.05, 4.69) is 21.2 Å². The van der Waals surface area contributed by atoms with Gasteiger partial charge in [0.15, 0.2) is 0 Å². The van der Waals surface area contributed by atoms with Crippen molar-refractivity contribution in [2.45, 2.75) is 6.92 Å². The van der Waals surface area contributed by atoms with E-state index in [-0.39, 0.29) is 5.91 Å². The van der Waals surface area contributed by atoms with Crippen molar-refractivity contribution in [3.63, 3.8) is 0 Å². The van der Waals surface area contributed by atoms with Crippen LogP contribution in [0, 0.1) is 6.92 Å². The van der Waals surface area contributed by atoms with Crippen molar-refractivity contribution in [1.29, 1.82) is 0 Å². The van der Waals surface area contributed by atoms with Crippen LogP contribution in [0.1, 0.15) is 15.9 Å². The molecule has 0 unspecified atom stereocenters. The molecule has 5 heteroatoms. The van der Waals surface area contributed by atoms with Crippen LogP contribution in [0.2, 0.25) is 0 Å². The number of nitrogen functional groups attached to an aromatic ring is 2. The van der Waals surface area contributed by atoms with Gasteiger partial charge in [-0.05, 0) is 42.8 Å². The molecule has 0 aliphatic carbocycles. The molecule has 0 radical (unpaired) electrons. The van der Waals surface area contributed by atoms with Crippen LogP contribution in [-0.4, -0.2) is 5.91 Å². The average molecular weight is 320 g/mol. The molecule has 2 rings (SSSR count). The number of hydrogen-bond donors (Lipinski definition) is 3. The highest BCUT2D eigenvalue weighted by atomic mass is 79.9. The van der Waals surface area contributed by atoms with E-state index in [0.29, 0.717) is 16.9 Å². The second-order valence-electron chi connectivity index (χ2n) is 4.26. The summed E-state index contributed by atoms with van der Waals surface area (Å²) in [6.45, 7) is 1.92. The maximum absolute atomic E-state index is 12.2. The van der Waals surface area contributed by atoms with Gasteiger partial charge in [0.05, 0.1) is 5.56 Å². The summed E-state index contributed by atoms with van der Waals surface area (Å²) in [6, 6.07) is 10.5.